The molecular weight excluding hydrogens is 725 g/mol. The second kappa shape index (κ2) is 12.2. The van der Waals surface area contributed by atoms with E-state index in [0.29, 0.717) is 5.92 Å². The highest BCUT2D eigenvalue weighted by Gasteiger charge is 2.55. The van der Waals surface area contributed by atoms with Crippen LogP contribution in [-0.4, -0.2) is 4.57 Å². The summed E-state index contributed by atoms with van der Waals surface area (Å²) in [6, 6.07) is 68.6. The number of anilines is 3. The maximum atomic E-state index is 2.55. The molecule has 1 heterocycles. The molecule has 1 spiro atoms. The van der Waals surface area contributed by atoms with E-state index in [1.54, 1.807) is 0 Å². The molecule has 0 N–H and O–H groups in total. The van der Waals surface area contributed by atoms with E-state index in [2.05, 4.69) is 224 Å². The van der Waals surface area contributed by atoms with Gasteiger partial charge < -0.3 is 9.47 Å². The second-order valence-corrected chi connectivity index (χ2v) is 17.6. The number of benzene rings is 8. The minimum absolute atomic E-state index is 0.130. The number of nitrogens with zero attached hydrogens (tertiary/aromatic N) is 2. The van der Waals surface area contributed by atoms with Gasteiger partial charge in [-0.2, -0.15) is 0 Å². The molecule has 0 amide bonds. The van der Waals surface area contributed by atoms with Crippen LogP contribution in [0.25, 0.3) is 49.7 Å². The van der Waals surface area contributed by atoms with Crippen molar-refractivity contribution in [3.63, 3.8) is 0 Å². The first-order valence-corrected chi connectivity index (χ1v) is 21.4. The summed E-state index contributed by atoms with van der Waals surface area (Å²) >= 11 is 0. The number of fused-ring (bicyclic) bond motifs is 16. The van der Waals surface area contributed by atoms with Crippen LogP contribution >= 0.6 is 0 Å². The molecule has 1 unspecified atom stereocenters. The molecule has 2 nitrogen and oxygen atoms in total. The Balaban J connectivity index is 1.08. The predicted molar refractivity (Wildman–Crippen MR) is 249 cm³/mol. The van der Waals surface area contributed by atoms with Crippen LogP contribution < -0.4 is 4.90 Å². The molecule has 284 valence electrons. The lowest BCUT2D eigenvalue weighted by atomic mass is 9.69. The number of allylic oxidation sites excluding steroid dienone is 4. The van der Waals surface area contributed by atoms with Crippen LogP contribution in [0.3, 0.4) is 0 Å². The van der Waals surface area contributed by atoms with Crippen LogP contribution in [0.5, 0.6) is 0 Å². The van der Waals surface area contributed by atoms with E-state index in [-0.39, 0.29) is 10.8 Å². The molecular formula is C58H42N2. The van der Waals surface area contributed by atoms with Crippen molar-refractivity contribution >= 4 is 38.9 Å². The van der Waals surface area contributed by atoms with E-state index in [4.69, 9.17) is 0 Å². The molecule has 4 aliphatic rings. The Morgan fingerprint density at radius 3 is 1.82 bits per heavy atom. The Labute approximate surface area is 351 Å². The standard InChI is InChI=1S/C58H42N2/c1-57(2)49-23-11-6-18-41(49)45-31-28-39(35-53(45)57)59(38-30-33-56-48(34-38)47-22-10-15-27-55(47)60(56)37-16-4-3-5-17-37)40-29-32-46-44-21-9-14-26-52(44)58(54(46)36-40)50-24-12-7-19-42(50)43-20-8-13-25-51(43)58/h3-20,22-36,44H,21H2,1-2H3. The Kier molecular flexibility index (Phi) is 6.86. The SMILES string of the molecule is CC1(C)c2ccccc2-c2ccc(N(c3ccc4c(c3)C3(C5=CC=CCC54)c4ccccc4-c4ccccc43)c3ccc4c(c3)c3ccccc3n4-c3ccccc3)cc21. The Bertz CT molecular complexity index is 3290. The molecule has 9 aromatic rings. The molecule has 0 bridgehead atoms. The number of para-hydroxylation sites is 2. The first-order valence-electron chi connectivity index (χ1n) is 21.4. The summed E-state index contributed by atoms with van der Waals surface area (Å²) in [5, 5.41) is 2.49. The molecule has 1 aromatic heterocycles. The van der Waals surface area contributed by atoms with E-state index in [0.717, 1.165) is 12.1 Å². The lowest BCUT2D eigenvalue weighted by Crippen LogP contribution is -2.27. The van der Waals surface area contributed by atoms with Gasteiger partial charge in [-0.25, -0.2) is 0 Å². The maximum absolute atomic E-state index is 2.55. The lowest BCUT2D eigenvalue weighted by Gasteiger charge is -2.33. The van der Waals surface area contributed by atoms with E-state index in [1.165, 1.54) is 100 Å². The highest BCUT2D eigenvalue weighted by Crippen LogP contribution is 2.65. The fraction of sp³-hybridized carbons (Fsp3) is 0.103. The smallest absolute Gasteiger partial charge is 0.0686 e. The predicted octanol–water partition coefficient (Wildman–Crippen LogP) is 14.9. The molecule has 0 saturated carbocycles. The van der Waals surface area contributed by atoms with Crippen molar-refractivity contribution < 1.29 is 0 Å². The molecule has 0 saturated heterocycles. The van der Waals surface area contributed by atoms with Crippen LogP contribution in [0.15, 0.2) is 206 Å². The van der Waals surface area contributed by atoms with Gasteiger partial charge in [0.05, 0.1) is 16.4 Å². The van der Waals surface area contributed by atoms with Crippen molar-refractivity contribution in [2.75, 3.05) is 4.90 Å². The summed E-state index contributed by atoms with van der Waals surface area (Å²) in [5.74, 6) is 0.325. The molecule has 4 aliphatic carbocycles. The van der Waals surface area contributed by atoms with Gasteiger partial charge in [0.15, 0.2) is 0 Å². The van der Waals surface area contributed by atoms with Crippen molar-refractivity contribution in [2.24, 2.45) is 0 Å². The fourth-order valence-corrected chi connectivity index (χ4v) is 11.8. The topological polar surface area (TPSA) is 8.17 Å². The lowest BCUT2D eigenvalue weighted by molar-refractivity contribution is 0.660. The van der Waals surface area contributed by atoms with Gasteiger partial charge in [-0.05, 0) is 128 Å². The summed E-state index contributed by atoms with van der Waals surface area (Å²) in [6.07, 6.45) is 8.09. The van der Waals surface area contributed by atoms with Crippen LogP contribution in [0.4, 0.5) is 17.1 Å². The number of rotatable bonds is 4. The number of hydrogen-bond donors (Lipinski definition) is 0. The highest BCUT2D eigenvalue weighted by atomic mass is 15.1. The summed E-state index contributed by atoms with van der Waals surface area (Å²) < 4.78 is 2.41. The molecule has 1 atom stereocenters. The molecule has 0 aliphatic heterocycles. The zero-order valence-electron chi connectivity index (χ0n) is 33.7. The van der Waals surface area contributed by atoms with Crippen LogP contribution in [0.1, 0.15) is 59.6 Å². The van der Waals surface area contributed by atoms with E-state index in [1.807, 2.05) is 0 Å². The van der Waals surface area contributed by atoms with E-state index in [9.17, 15) is 0 Å². The van der Waals surface area contributed by atoms with Gasteiger partial charge >= 0.3 is 0 Å². The van der Waals surface area contributed by atoms with Gasteiger partial charge in [0, 0.05) is 44.9 Å². The van der Waals surface area contributed by atoms with Crippen LogP contribution in [0, 0.1) is 0 Å². The van der Waals surface area contributed by atoms with Crippen molar-refractivity contribution in [3.05, 3.63) is 239 Å². The minimum atomic E-state index is -0.367. The normalized spacial score (nSPS) is 16.9. The minimum Gasteiger partial charge on any atom is -0.310 e. The summed E-state index contributed by atoms with van der Waals surface area (Å²) in [4.78, 5) is 2.53. The van der Waals surface area contributed by atoms with Crippen LogP contribution in [-0.2, 0) is 10.8 Å². The quantitative estimate of drug-likeness (QED) is 0.173. The van der Waals surface area contributed by atoms with Gasteiger partial charge in [0.2, 0.25) is 0 Å². The summed E-state index contributed by atoms with van der Waals surface area (Å²) in [7, 11) is 0. The highest BCUT2D eigenvalue weighted by molar-refractivity contribution is 6.10. The maximum Gasteiger partial charge on any atom is 0.0686 e. The third-order valence-corrected chi connectivity index (χ3v) is 14.4. The van der Waals surface area contributed by atoms with Crippen molar-refractivity contribution in [3.8, 4) is 27.9 Å². The van der Waals surface area contributed by atoms with Gasteiger partial charge in [-0.3, -0.25) is 0 Å². The van der Waals surface area contributed by atoms with Gasteiger partial charge in [-0.15, -0.1) is 0 Å². The zero-order valence-corrected chi connectivity index (χ0v) is 33.7. The Hall–Kier alpha value is -7.16. The second-order valence-electron chi connectivity index (χ2n) is 17.6. The zero-order chi connectivity index (χ0) is 39.7. The molecule has 13 rings (SSSR count). The third kappa shape index (κ3) is 4.33. The average molecular weight is 767 g/mol. The van der Waals surface area contributed by atoms with Crippen LogP contribution in [0.2, 0.25) is 0 Å². The van der Waals surface area contributed by atoms with Gasteiger partial charge in [0.25, 0.3) is 0 Å². The molecule has 8 aromatic carbocycles. The summed E-state index contributed by atoms with van der Waals surface area (Å²) in [6.45, 7) is 4.77. The monoisotopic (exact) mass is 766 g/mol. The number of aromatic nitrogens is 1. The Morgan fingerprint density at radius 2 is 1.05 bits per heavy atom. The molecule has 60 heavy (non-hydrogen) atoms. The largest absolute Gasteiger partial charge is 0.310 e. The third-order valence-electron chi connectivity index (χ3n) is 14.4. The van der Waals surface area contributed by atoms with Gasteiger partial charge in [0.1, 0.15) is 0 Å². The molecule has 0 radical (unpaired) electrons. The van der Waals surface area contributed by atoms with E-state index < -0.39 is 0 Å². The molecule has 0 fully saturated rings. The van der Waals surface area contributed by atoms with Crippen molar-refractivity contribution in [1.82, 2.24) is 4.57 Å². The first-order chi connectivity index (χ1) is 29.5. The van der Waals surface area contributed by atoms with Crippen molar-refractivity contribution in [1.29, 1.82) is 0 Å². The summed E-state index contributed by atoms with van der Waals surface area (Å²) in [5.41, 5.74) is 21.8. The van der Waals surface area contributed by atoms with E-state index >= 15 is 0 Å². The fourth-order valence-electron chi connectivity index (χ4n) is 11.8. The first kappa shape index (κ1) is 33.8. The Morgan fingerprint density at radius 1 is 0.483 bits per heavy atom. The van der Waals surface area contributed by atoms with Gasteiger partial charge in [-0.1, -0.05) is 153 Å². The molecule has 2 heteroatoms. The average Bonchev–Trinajstić information content (AvgIpc) is 3.97. The van der Waals surface area contributed by atoms with Crippen molar-refractivity contribution in [2.45, 2.75) is 37.0 Å². The number of hydrogen-bond acceptors (Lipinski definition) is 1.